The number of hydrogen-bond acceptors (Lipinski definition) is 4. The largest absolute Gasteiger partial charge is 0.461 e. The van der Waals surface area contributed by atoms with Crippen molar-refractivity contribution < 1.29 is 18.7 Å². The summed E-state index contributed by atoms with van der Waals surface area (Å²) in [6.45, 7) is 0.155. The van der Waals surface area contributed by atoms with Crippen LogP contribution >= 0.6 is 0 Å². The molecule has 4 aromatic rings. The highest BCUT2D eigenvalue weighted by molar-refractivity contribution is 5.87. The lowest BCUT2D eigenvalue weighted by atomic mass is 10.1. The Kier molecular flexibility index (Phi) is 5.01. The molecule has 0 radical (unpaired) electrons. The van der Waals surface area contributed by atoms with Crippen LogP contribution in [0, 0.1) is 5.82 Å². The number of pyridine rings is 1. The predicted molar refractivity (Wildman–Crippen MR) is 103 cm³/mol. The molecule has 2 heterocycles. The fraction of sp³-hybridized carbons (Fsp3) is 0.0909. The smallest absolute Gasteiger partial charge is 0.310 e. The number of carbonyl (C=O) groups is 1. The molecule has 0 unspecified atom stereocenters. The van der Waals surface area contributed by atoms with E-state index in [-0.39, 0.29) is 24.8 Å². The van der Waals surface area contributed by atoms with Gasteiger partial charge in [0, 0.05) is 23.3 Å². The molecule has 0 aliphatic carbocycles. The van der Waals surface area contributed by atoms with Crippen molar-refractivity contribution in [1.82, 2.24) is 9.97 Å². The molecule has 6 heteroatoms. The number of esters is 1. The molecule has 5 nitrogen and oxygen atoms in total. The van der Waals surface area contributed by atoms with Crippen molar-refractivity contribution in [3.8, 4) is 11.5 Å². The van der Waals surface area contributed by atoms with Crippen LogP contribution < -0.4 is 4.74 Å². The van der Waals surface area contributed by atoms with Gasteiger partial charge in [0.05, 0.1) is 12.6 Å². The molecule has 0 aliphatic heterocycles. The minimum Gasteiger partial charge on any atom is -0.461 e. The number of rotatable bonds is 6. The lowest BCUT2D eigenvalue weighted by molar-refractivity contribution is -0.144. The topological polar surface area (TPSA) is 64.2 Å². The zero-order valence-electron chi connectivity index (χ0n) is 14.9. The Morgan fingerprint density at radius 1 is 1.07 bits per heavy atom. The third kappa shape index (κ3) is 4.17. The normalized spacial score (nSPS) is 10.8. The number of nitrogens with zero attached hydrogens (tertiary/aromatic N) is 1. The fourth-order valence-electron chi connectivity index (χ4n) is 2.86. The third-order valence-electron chi connectivity index (χ3n) is 4.26. The van der Waals surface area contributed by atoms with Crippen molar-refractivity contribution in [2.45, 2.75) is 13.0 Å². The lowest BCUT2D eigenvalue weighted by Gasteiger charge is -2.07. The van der Waals surface area contributed by atoms with Crippen LogP contribution in [-0.2, 0) is 22.6 Å². The van der Waals surface area contributed by atoms with Crippen LogP contribution in [0.15, 0.2) is 73.2 Å². The van der Waals surface area contributed by atoms with Crippen molar-refractivity contribution in [2.24, 2.45) is 0 Å². The maximum Gasteiger partial charge on any atom is 0.310 e. The maximum atomic E-state index is 13.4. The van der Waals surface area contributed by atoms with Gasteiger partial charge in [-0.25, -0.2) is 4.39 Å². The number of carbonyl (C=O) groups excluding carboxylic acids is 1. The van der Waals surface area contributed by atoms with E-state index in [2.05, 4.69) is 9.97 Å². The third-order valence-corrected chi connectivity index (χ3v) is 4.26. The van der Waals surface area contributed by atoms with Crippen LogP contribution in [0.25, 0.3) is 10.9 Å². The number of fused-ring (bicyclic) bond motifs is 1. The summed E-state index contributed by atoms with van der Waals surface area (Å²) in [6.07, 6.45) is 5.09. The average molecular weight is 376 g/mol. The van der Waals surface area contributed by atoms with Gasteiger partial charge in [-0.3, -0.25) is 9.78 Å². The van der Waals surface area contributed by atoms with E-state index in [9.17, 15) is 9.18 Å². The van der Waals surface area contributed by atoms with Crippen LogP contribution in [0.5, 0.6) is 11.5 Å². The van der Waals surface area contributed by atoms with E-state index in [1.807, 2.05) is 18.2 Å². The highest BCUT2D eigenvalue weighted by Crippen LogP contribution is 2.22. The molecule has 140 valence electrons. The predicted octanol–water partition coefficient (Wildman–Crippen LogP) is 4.78. The summed E-state index contributed by atoms with van der Waals surface area (Å²) < 4.78 is 24.4. The van der Waals surface area contributed by atoms with Crippen molar-refractivity contribution >= 4 is 16.9 Å². The van der Waals surface area contributed by atoms with E-state index in [4.69, 9.17) is 9.47 Å². The highest BCUT2D eigenvalue weighted by atomic mass is 19.1. The second-order valence-electron chi connectivity index (χ2n) is 6.28. The van der Waals surface area contributed by atoms with E-state index >= 15 is 0 Å². The van der Waals surface area contributed by atoms with Gasteiger partial charge in [0.2, 0.25) is 0 Å². The molecule has 0 fully saturated rings. The first kappa shape index (κ1) is 17.7. The SMILES string of the molecule is O=C(Cc1c[nH]c2ccc(F)cc12)OCc1ccc(Oc2cccnc2)cc1. The first-order valence-corrected chi connectivity index (χ1v) is 8.75. The van der Waals surface area contributed by atoms with Gasteiger partial charge in [-0.1, -0.05) is 12.1 Å². The maximum absolute atomic E-state index is 13.4. The van der Waals surface area contributed by atoms with Crippen molar-refractivity contribution in [1.29, 1.82) is 0 Å². The molecule has 0 saturated carbocycles. The number of benzene rings is 2. The standard InChI is InChI=1S/C22H17FN2O3/c23-17-5-8-21-20(11-17)16(12-25-21)10-22(26)27-14-15-3-6-18(7-4-15)28-19-2-1-9-24-13-19/h1-9,11-13,25H,10,14H2. The molecule has 0 saturated heterocycles. The van der Waals surface area contributed by atoms with E-state index in [0.29, 0.717) is 22.4 Å². The second kappa shape index (κ2) is 7.92. The van der Waals surface area contributed by atoms with E-state index < -0.39 is 0 Å². The van der Waals surface area contributed by atoms with Crippen molar-refractivity contribution in [3.63, 3.8) is 0 Å². The van der Waals surface area contributed by atoms with Gasteiger partial charge < -0.3 is 14.5 Å². The van der Waals surface area contributed by atoms with Gasteiger partial charge in [0.1, 0.15) is 23.9 Å². The molecular weight excluding hydrogens is 359 g/mol. The molecule has 0 bridgehead atoms. The Morgan fingerprint density at radius 3 is 2.71 bits per heavy atom. The molecule has 4 rings (SSSR count). The van der Waals surface area contributed by atoms with E-state index in [0.717, 1.165) is 11.1 Å². The molecule has 2 aromatic heterocycles. The lowest BCUT2D eigenvalue weighted by Crippen LogP contribution is -2.07. The Morgan fingerprint density at radius 2 is 1.93 bits per heavy atom. The van der Waals surface area contributed by atoms with Crippen LogP contribution in [-0.4, -0.2) is 15.9 Å². The first-order valence-electron chi connectivity index (χ1n) is 8.75. The fourth-order valence-corrected chi connectivity index (χ4v) is 2.86. The number of nitrogens with one attached hydrogen (secondary N) is 1. The van der Waals surface area contributed by atoms with E-state index in [1.54, 1.807) is 42.9 Å². The Bertz CT molecular complexity index is 1090. The number of hydrogen-bond donors (Lipinski definition) is 1. The molecule has 0 spiro atoms. The Balaban J connectivity index is 1.33. The minimum atomic E-state index is -0.374. The molecule has 2 aromatic carbocycles. The number of H-pyrrole nitrogens is 1. The zero-order valence-corrected chi connectivity index (χ0v) is 14.9. The molecule has 0 atom stereocenters. The van der Waals surface area contributed by atoms with Gasteiger partial charge >= 0.3 is 5.97 Å². The van der Waals surface area contributed by atoms with Gasteiger partial charge in [0.15, 0.2) is 0 Å². The van der Waals surface area contributed by atoms with Gasteiger partial charge in [0.25, 0.3) is 0 Å². The summed E-state index contributed by atoms with van der Waals surface area (Å²) in [5.74, 6) is 0.608. The number of halogens is 1. The second-order valence-corrected chi connectivity index (χ2v) is 6.28. The summed E-state index contributed by atoms with van der Waals surface area (Å²) in [4.78, 5) is 19.2. The highest BCUT2D eigenvalue weighted by Gasteiger charge is 2.11. The number of aromatic nitrogens is 2. The van der Waals surface area contributed by atoms with Crippen LogP contribution in [0.3, 0.4) is 0 Å². The average Bonchev–Trinajstić information content (AvgIpc) is 3.10. The molecule has 1 N–H and O–H groups in total. The zero-order chi connectivity index (χ0) is 19.3. The number of ether oxygens (including phenoxy) is 2. The van der Waals surface area contributed by atoms with Crippen LogP contribution in [0.4, 0.5) is 4.39 Å². The first-order chi connectivity index (χ1) is 13.7. The van der Waals surface area contributed by atoms with Gasteiger partial charge in [-0.05, 0) is 53.6 Å². The summed E-state index contributed by atoms with van der Waals surface area (Å²) >= 11 is 0. The Labute approximate surface area is 160 Å². The summed E-state index contributed by atoms with van der Waals surface area (Å²) in [5.41, 5.74) is 2.34. The number of aromatic amines is 1. The monoisotopic (exact) mass is 376 g/mol. The van der Waals surface area contributed by atoms with E-state index in [1.165, 1.54) is 12.1 Å². The minimum absolute atomic E-state index is 0.0751. The van der Waals surface area contributed by atoms with Gasteiger partial charge in [-0.2, -0.15) is 0 Å². The van der Waals surface area contributed by atoms with Gasteiger partial charge in [-0.15, -0.1) is 0 Å². The van der Waals surface area contributed by atoms with Crippen molar-refractivity contribution in [2.75, 3.05) is 0 Å². The molecule has 0 aliphatic rings. The molecule has 0 amide bonds. The summed E-state index contributed by atoms with van der Waals surface area (Å²) in [6, 6.07) is 15.3. The Hall–Kier alpha value is -3.67. The van der Waals surface area contributed by atoms with Crippen LogP contribution in [0.1, 0.15) is 11.1 Å². The molecular formula is C22H17FN2O3. The quantitative estimate of drug-likeness (QED) is 0.492. The van der Waals surface area contributed by atoms with Crippen molar-refractivity contribution in [3.05, 3.63) is 90.1 Å². The molecule has 28 heavy (non-hydrogen) atoms. The van der Waals surface area contributed by atoms with Crippen LogP contribution in [0.2, 0.25) is 0 Å². The summed E-state index contributed by atoms with van der Waals surface area (Å²) in [5, 5.41) is 0.689. The summed E-state index contributed by atoms with van der Waals surface area (Å²) in [7, 11) is 0.